The Morgan fingerprint density at radius 2 is 1.67 bits per heavy atom. The van der Waals surface area contributed by atoms with E-state index in [-0.39, 0.29) is 0 Å². The van der Waals surface area contributed by atoms with Crippen molar-refractivity contribution in [1.82, 2.24) is 24.6 Å². The molecule has 2 aromatic heterocycles. The van der Waals surface area contributed by atoms with Crippen LogP contribution in [0.4, 0.5) is 0 Å². The molecule has 0 N–H and O–H groups in total. The lowest BCUT2D eigenvalue weighted by Crippen LogP contribution is -2.27. The Morgan fingerprint density at radius 1 is 0.909 bits per heavy atom. The van der Waals surface area contributed by atoms with E-state index >= 15 is 0 Å². The normalized spacial score (nSPS) is 11.0. The van der Waals surface area contributed by atoms with Gasteiger partial charge in [-0.1, -0.05) is 48.0 Å². The largest absolute Gasteiger partial charge is 0.312 e. The van der Waals surface area contributed by atoms with Gasteiger partial charge in [-0.15, -0.1) is 10.2 Å². The van der Waals surface area contributed by atoms with Gasteiger partial charge in [0.25, 0.3) is 0 Å². The lowest BCUT2D eigenvalue weighted by Gasteiger charge is -2.22. The summed E-state index contributed by atoms with van der Waals surface area (Å²) in [6, 6.07) is 24.7. The molecule has 2 heterocycles. The molecule has 2 aromatic carbocycles. The fraction of sp³-hybridized carbons (Fsp3) is 0.259. The van der Waals surface area contributed by atoms with Crippen molar-refractivity contribution in [3.63, 3.8) is 0 Å². The minimum absolute atomic E-state index is 0.663. The summed E-state index contributed by atoms with van der Waals surface area (Å²) in [5, 5.41) is 17.6. The van der Waals surface area contributed by atoms with Gasteiger partial charge >= 0.3 is 0 Å². The number of benzene rings is 2. The molecule has 0 fully saturated rings. The summed E-state index contributed by atoms with van der Waals surface area (Å²) in [7, 11) is 0. The molecule has 0 saturated heterocycles. The molecule has 4 rings (SSSR count). The van der Waals surface area contributed by atoms with Crippen molar-refractivity contribution in [2.75, 3.05) is 6.54 Å². The number of rotatable bonds is 9. The van der Waals surface area contributed by atoms with E-state index in [1.54, 1.807) is 6.33 Å². The van der Waals surface area contributed by atoms with Gasteiger partial charge in [0, 0.05) is 18.8 Å². The molecule has 0 aliphatic rings. The molecule has 0 aliphatic carbocycles. The third kappa shape index (κ3) is 6.34. The molecule has 0 bridgehead atoms. The van der Waals surface area contributed by atoms with Crippen molar-refractivity contribution in [2.24, 2.45) is 0 Å². The number of hydrogen-bond donors (Lipinski definition) is 0. The molecule has 6 heteroatoms. The molecule has 0 saturated carbocycles. The number of aromatic nitrogens is 4. The Labute approximate surface area is 195 Å². The summed E-state index contributed by atoms with van der Waals surface area (Å²) in [5.74, 6) is 0.913. The standard InChI is InChI=1S/C27H28N6/c1-21-6-8-23(9-7-21)14-15-32(18-26-5-3-4-22(2)30-26)19-27-31-29-20-33(27)17-25-12-10-24(16-28)11-13-25/h3-13,20H,14-15,17-19H2,1-2H3. The molecule has 0 unspecified atom stereocenters. The zero-order chi connectivity index (χ0) is 23.0. The summed E-state index contributed by atoms with van der Waals surface area (Å²) in [6.45, 7) is 7.12. The molecular formula is C27H28N6. The van der Waals surface area contributed by atoms with Crippen molar-refractivity contribution < 1.29 is 0 Å². The molecule has 0 amide bonds. The van der Waals surface area contributed by atoms with E-state index in [1.807, 2.05) is 37.3 Å². The fourth-order valence-electron chi connectivity index (χ4n) is 3.79. The zero-order valence-corrected chi connectivity index (χ0v) is 19.1. The maximum atomic E-state index is 9.03. The van der Waals surface area contributed by atoms with Crippen molar-refractivity contribution in [3.05, 3.63) is 113 Å². The molecule has 166 valence electrons. The summed E-state index contributed by atoms with van der Waals surface area (Å²) >= 11 is 0. The van der Waals surface area contributed by atoms with Crippen LogP contribution in [-0.2, 0) is 26.1 Å². The molecule has 0 spiro atoms. The highest BCUT2D eigenvalue weighted by Gasteiger charge is 2.14. The Hall–Kier alpha value is -3.82. The van der Waals surface area contributed by atoms with Crippen LogP contribution < -0.4 is 0 Å². The third-order valence-corrected chi connectivity index (χ3v) is 5.67. The molecule has 0 radical (unpaired) electrons. The van der Waals surface area contributed by atoms with Gasteiger partial charge in [0.1, 0.15) is 12.2 Å². The van der Waals surface area contributed by atoms with E-state index in [0.717, 1.165) is 42.3 Å². The first-order valence-corrected chi connectivity index (χ1v) is 11.2. The van der Waals surface area contributed by atoms with Crippen LogP contribution in [0.15, 0.2) is 73.1 Å². The second-order valence-electron chi connectivity index (χ2n) is 8.40. The van der Waals surface area contributed by atoms with Crippen LogP contribution in [0.2, 0.25) is 0 Å². The van der Waals surface area contributed by atoms with Crippen LogP contribution >= 0.6 is 0 Å². The number of nitriles is 1. The van der Waals surface area contributed by atoms with E-state index in [9.17, 15) is 0 Å². The number of hydrogen-bond acceptors (Lipinski definition) is 5. The number of nitrogens with zero attached hydrogens (tertiary/aromatic N) is 6. The average molecular weight is 437 g/mol. The lowest BCUT2D eigenvalue weighted by atomic mass is 10.1. The van der Waals surface area contributed by atoms with Crippen molar-refractivity contribution in [1.29, 1.82) is 5.26 Å². The van der Waals surface area contributed by atoms with E-state index in [2.05, 4.69) is 69.1 Å². The Morgan fingerprint density at radius 3 is 2.39 bits per heavy atom. The fourth-order valence-corrected chi connectivity index (χ4v) is 3.79. The van der Waals surface area contributed by atoms with Crippen molar-refractivity contribution in [3.8, 4) is 6.07 Å². The Kier molecular flexibility index (Phi) is 7.23. The smallest absolute Gasteiger partial charge is 0.147 e. The summed E-state index contributed by atoms with van der Waals surface area (Å²) in [4.78, 5) is 7.08. The first kappa shape index (κ1) is 22.4. The van der Waals surface area contributed by atoms with Crippen LogP contribution in [0.1, 0.15) is 39.5 Å². The predicted molar refractivity (Wildman–Crippen MR) is 128 cm³/mol. The maximum absolute atomic E-state index is 9.03. The monoisotopic (exact) mass is 436 g/mol. The topological polar surface area (TPSA) is 70.6 Å². The molecule has 0 atom stereocenters. The first-order valence-electron chi connectivity index (χ1n) is 11.2. The van der Waals surface area contributed by atoms with Gasteiger partial charge in [0.2, 0.25) is 0 Å². The SMILES string of the molecule is Cc1ccc(CCN(Cc2cccc(C)n2)Cc2nncn2Cc2ccc(C#N)cc2)cc1. The van der Waals surface area contributed by atoms with Gasteiger partial charge in [-0.3, -0.25) is 9.88 Å². The van der Waals surface area contributed by atoms with Crippen LogP contribution in [0, 0.1) is 25.2 Å². The number of aryl methyl sites for hydroxylation is 2. The van der Waals surface area contributed by atoms with Crippen LogP contribution in [0.25, 0.3) is 0 Å². The van der Waals surface area contributed by atoms with Crippen molar-refractivity contribution >= 4 is 0 Å². The maximum Gasteiger partial charge on any atom is 0.147 e. The summed E-state index contributed by atoms with van der Waals surface area (Å²) < 4.78 is 2.07. The number of pyridine rings is 1. The zero-order valence-electron chi connectivity index (χ0n) is 19.1. The quantitative estimate of drug-likeness (QED) is 0.388. The lowest BCUT2D eigenvalue weighted by molar-refractivity contribution is 0.247. The van der Waals surface area contributed by atoms with Gasteiger partial charge in [-0.05, 0) is 55.7 Å². The Balaban J connectivity index is 1.49. The van der Waals surface area contributed by atoms with Gasteiger partial charge in [0.15, 0.2) is 0 Å². The van der Waals surface area contributed by atoms with E-state index in [0.29, 0.717) is 18.7 Å². The molecule has 0 aliphatic heterocycles. The van der Waals surface area contributed by atoms with Crippen LogP contribution in [-0.4, -0.2) is 31.2 Å². The first-order chi connectivity index (χ1) is 16.1. The van der Waals surface area contributed by atoms with E-state index in [4.69, 9.17) is 10.2 Å². The molecule has 6 nitrogen and oxygen atoms in total. The minimum atomic E-state index is 0.663. The average Bonchev–Trinajstić information content (AvgIpc) is 3.25. The second kappa shape index (κ2) is 10.7. The highest BCUT2D eigenvalue weighted by atomic mass is 15.3. The minimum Gasteiger partial charge on any atom is -0.312 e. The van der Waals surface area contributed by atoms with E-state index in [1.165, 1.54) is 11.1 Å². The third-order valence-electron chi connectivity index (χ3n) is 5.67. The predicted octanol–water partition coefficient (Wildman–Crippen LogP) is 4.45. The van der Waals surface area contributed by atoms with Gasteiger partial charge in [0.05, 0.1) is 30.4 Å². The van der Waals surface area contributed by atoms with Crippen LogP contribution in [0.3, 0.4) is 0 Å². The Bertz CT molecular complexity index is 1220. The second-order valence-corrected chi connectivity index (χ2v) is 8.40. The molecular weight excluding hydrogens is 408 g/mol. The van der Waals surface area contributed by atoms with Gasteiger partial charge in [-0.2, -0.15) is 5.26 Å². The summed E-state index contributed by atoms with van der Waals surface area (Å²) in [6.07, 6.45) is 2.73. The molecule has 33 heavy (non-hydrogen) atoms. The summed E-state index contributed by atoms with van der Waals surface area (Å²) in [5.41, 5.74) is 6.45. The van der Waals surface area contributed by atoms with E-state index < -0.39 is 0 Å². The molecule has 4 aromatic rings. The van der Waals surface area contributed by atoms with Crippen molar-refractivity contribution in [2.45, 2.75) is 39.9 Å². The van der Waals surface area contributed by atoms with Crippen LogP contribution in [0.5, 0.6) is 0 Å². The van der Waals surface area contributed by atoms with Gasteiger partial charge in [-0.25, -0.2) is 0 Å². The highest BCUT2D eigenvalue weighted by Crippen LogP contribution is 2.13. The van der Waals surface area contributed by atoms with Gasteiger partial charge < -0.3 is 4.57 Å². The highest BCUT2D eigenvalue weighted by molar-refractivity contribution is 5.31.